The molecule has 0 amide bonds. The zero-order valence-electron chi connectivity index (χ0n) is 14.0. The molecule has 9 nitrogen and oxygen atoms in total. The van der Waals surface area contributed by atoms with Crippen molar-refractivity contribution in [3.63, 3.8) is 0 Å². The number of fused-ring (bicyclic) bond motifs is 1. The molecular formula is C18H14N8O. The zero-order chi connectivity index (χ0) is 18.2. The fraction of sp³-hybridized carbons (Fsp3) is 0. The maximum Gasteiger partial charge on any atom is 0.181 e. The minimum Gasteiger partial charge on any atom is -0.444 e. The fourth-order valence-electron chi connectivity index (χ4n) is 2.94. The largest absolute Gasteiger partial charge is 0.444 e. The lowest BCUT2D eigenvalue weighted by atomic mass is 10.1. The predicted molar refractivity (Wildman–Crippen MR) is 99.6 cm³/mol. The van der Waals surface area contributed by atoms with E-state index < -0.39 is 0 Å². The van der Waals surface area contributed by atoms with Crippen molar-refractivity contribution in [2.45, 2.75) is 0 Å². The van der Waals surface area contributed by atoms with Crippen LogP contribution in [-0.2, 0) is 0 Å². The third kappa shape index (κ3) is 2.67. The molecule has 4 aromatic heterocycles. The summed E-state index contributed by atoms with van der Waals surface area (Å²) in [6.07, 6.45) is 11.8. The van der Waals surface area contributed by atoms with Crippen LogP contribution in [0.4, 0.5) is 11.5 Å². The quantitative estimate of drug-likeness (QED) is 0.475. The van der Waals surface area contributed by atoms with E-state index in [-0.39, 0.29) is 0 Å². The van der Waals surface area contributed by atoms with Crippen LogP contribution in [0.1, 0.15) is 0 Å². The summed E-state index contributed by atoms with van der Waals surface area (Å²) in [6, 6.07) is 7.81. The van der Waals surface area contributed by atoms with Gasteiger partial charge >= 0.3 is 0 Å². The van der Waals surface area contributed by atoms with E-state index in [1.54, 1.807) is 31.0 Å². The van der Waals surface area contributed by atoms with E-state index >= 15 is 0 Å². The Labute approximate surface area is 153 Å². The molecule has 0 radical (unpaired) electrons. The number of oxazole rings is 1. The topological polar surface area (TPSA) is 112 Å². The van der Waals surface area contributed by atoms with Crippen LogP contribution in [0.25, 0.3) is 28.2 Å². The van der Waals surface area contributed by atoms with Crippen LogP contribution in [-0.4, -0.2) is 29.2 Å². The molecule has 9 heteroatoms. The van der Waals surface area contributed by atoms with Crippen molar-refractivity contribution in [1.29, 1.82) is 0 Å². The van der Waals surface area contributed by atoms with Crippen LogP contribution in [0.2, 0.25) is 0 Å². The number of hydrogen-bond acceptors (Lipinski definition) is 7. The summed E-state index contributed by atoms with van der Waals surface area (Å²) < 4.78 is 7.30. The first-order chi connectivity index (χ1) is 13.3. The number of aromatic nitrogens is 6. The minimum absolute atomic E-state index is 0.638. The van der Waals surface area contributed by atoms with Gasteiger partial charge in [-0.15, -0.1) is 0 Å². The number of nitrogens with one attached hydrogen (secondary N) is 1. The van der Waals surface area contributed by atoms with Gasteiger partial charge in [0, 0.05) is 29.2 Å². The smallest absolute Gasteiger partial charge is 0.181 e. The molecule has 27 heavy (non-hydrogen) atoms. The highest BCUT2D eigenvalue weighted by Gasteiger charge is 2.12. The highest BCUT2D eigenvalue weighted by Crippen LogP contribution is 2.27. The van der Waals surface area contributed by atoms with Crippen molar-refractivity contribution < 1.29 is 4.42 Å². The molecule has 0 atom stereocenters. The molecule has 0 spiro atoms. The highest BCUT2D eigenvalue weighted by molar-refractivity contribution is 5.75. The molecule has 132 valence electrons. The van der Waals surface area contributed by atoms with Gasteiger partial charge in [0.15, 0.2) is 23.6 Å². The summed E-state index contributed by atoms with van der Waals surface area (Å²) in [5, 5.41) is 7.33. The molecule has 4 heterocycles. The summed E-state index contributed by atoms with van der Waals surface area (Å²) in [4.78, 5) is 14.2. The molecule has 5 aromatic rings. The number of rotatable bonds is 4. The molecule has 0 aliphatic heterocycles. The Morgan fingerprint density at radius 1 is 1.07 bits per heavy atom. The Kier molecular flexibility index (Phi) is 3.36. The van der Waals surface area contributed by atoms with Gasteiger partial charge in [0.05, 0.1) is 30.5 Å². The van der Waals surface area contributed by atoms with Crippen molar-refractivity contribution >= 4 is 17.2 Å². The van der Waals surface area contributed by atoms with E-state index in [9.17, 15) is 0 Å². The molecule has 3 N–H and O–H groups in total. The molecule has 0 saturated carbocycles. The van der Waals surface area contributed by atoms with Gasteiger partial charge in [-0.25, -0.2) is 15.0 Å². The van der Waals surface area contributed by atoms with Crippen molar-refractivity contribution in [1.82, 2.24) is 29.2 Å². The van der Waals surface area contributed by atoms with Crippen LogP contribution in [0.15, 0.2) is 72.3 Å². The Balaban J connectivity index is 1.53. The fourth-order valence-corrected chi connectivity index (χ4v) is 2.94. The van der Waals surface area contributed by atoms with Crippen LogP contribution >= 0.6 is 0 Å². The van der Waals surface area contributed by atoms with Crippen molar-refractivity contribution in [3.05, 3.63) is 67.8 Å². The molecule has 0 saturated heterocycles. The Morgan fingerprint density at radius 3 is 2.85 bits per heavy atom. The molecule has 0 aliphatic carbocycles. The number of anilines is 2. The first-order valence-corrected chi connectivity index (χ1v) is 8.16. The van der Waals surface area contributed by atoms with Gasteiger partial charge in [-0.3, -0.25) is 4.40 Å². The van der Waals surface area contributed by atoms with Crippen LogP contribution in [0.5, 0.6) is 0 Å². The second kappa shape index (κ2) is 5.99. The monoisotopic (exact) mass is 358 g/mol. The summed E-state index contributed by atoms with van der Waals surface area (Å²) in [5.41, 5.74) is 4.23. The van der Waals surface area contributed by atoms with Crippen molar-refractivity contribution in [2.75, 3.05) is 11.2 Å². The summed E-state index contributed by atoms with van der Waals surface area (Å²) in [7, 11) is 0. The van der Waals surface area contributed by atoms with E-state index in [2.05, 4.69) is 25.4 Å². The second-order valence-corrected chi connectivity index (χ2v) is 5.89. The molecular weight excluding hydrogens is 344 g/mol. The summed E-state index contributed by atoms with van der Waals surface area (Å²) in [5.74, 6) is 6.99. The summed E-state index contributed by atoms with van der Waals surface area (Å²) in [6.45, 7) is 0. The van der Waals surface area contributed by atoms with Crippen LogP contribution in [0, 0.1) is 0 Å². The SMILES string of the molecule is Nn1cc(-c2cnc3c(Nc4cccc(-c5cnco5)c4)nccn23)cn1. The maximum atomic E-state index is 5.65. The second-order valence-electron chi connectivity index (χ2n) is 5.89. The molecule has 0 unspecified atom stereocenters. The lowest BCUT2D eigenvalue weighted by Gasteiger charge is -2.08. The van der Waals surface area contributed by atoms with Crippen molar-refractivity contribution in [3.8, 4) is 22.6 Å². The average molecular weight is 358 g/mol. The molecule has 0 aliphatic rings. The molecule has 5 rings (SSSR count). The van der Waals surface area contributed by atoms with E-state index in [0.717, 1.165) is 22.5 Å². The normalized spacial score (nSPS) is 11.1. The zero-order valence-corrected chi connectivity index (χ0v) is 14.0. The first-order valence-electron chi connectivity index (χ1n) is 8.16. The number of hydrogen-bond donors (Lipinski definition) is 2. The van der Waals surface area contributed by atoms with Gasteiger partial charge in [-0.2, -0.15) is 9.89 Å². The number of imidazole rings is 1. The van der Waals surface area contributed by atoms with Gasteiger partial charge in [0.2, 0.25) is 0 Å². The third-order valence-corrected chi connectivity index (χ3v) is 4.17. The van der Waals surface area contributed by atoms with Gasteiger partial charge < -0.3 is 15.6 Å². The van der Waals surface area contributed by atoms with Gasteiger partial charge in [-0.1, -0.05) is 12.1 Å². The van der Waals surface area contributed by atoms with Crippen LogP contribution < -0.4 is 11.2 Å². The lowest BCUT2D eigenvalue weighted by Crippen LogP contribution is -2.07. The number of benzene rings is 1. The standard InChI is InChI=1S/C18H14N8O/c19-26-10-13(7-23-26)15-8-22-18-17(21-4-5-25(15)18)24-14-3-1-2-12(6-14)16-9-20-11-27-16/h1-11H,19H2,(H,21,24). The Hall–Kier alpha value is -4.14. The van der Waals surface area contributed by atoms with Crippen LogP contribution in [0.3, 0.4) is 0 Å². The van der Waals surface area contributed by atoms with E-state index in [4.69, 9.17) is 10.3 Å². The molecule has 0 fully saturated rings. The summed E-state index contributed by atoms with van der Waals surface area (Å²) >= 11 is 0. The minimum atomic E-state index is 0.638. The van der Waals surface area contributed by atoms with Crippen molar-refractivity contribution in [2.24, 2.45) is 0 Å². The maximum absolute atomic E-state index is 5.65. The van der Waals surface area contributed by atoms with E-state index in [1.807, 2.05) is 34.9 Å². The van der Waals surface area contributed by atoms with E-state index in [0.29, 0.717) is 17.2 Å². The van der Waals surface area contributed by atoms with Gasteiger partial charge in [0.1, 0.15) is 0 Å². The molecule has 1 aromatic carbocycles. The molecule has 0 bridgehead atoms. The number of nitrogens with zero attached hydrogens (tertiary/aromatic N) is 6. The van der Waals surface area contributed by atoms with Gasteiger partial charge in [0.25, 0.3) is 0 Å². The highest BCUT2D eigenvalue weighted by atomic mass is 16.3. The predicted octanol–water partition coefficient (Wildman–Crippen LogP) is 2.71. The van der Waals surface area contributed by atoms with E-state index in [1.165, 1.54) is 11.2 Å². The first kappa shape index (κ1) is 15.1. The number of nitrogen functional groups attached to an aromatic ring is 1. The Morgan fingerprint density at radius 2 is 2.04 bits per heavy atom. The number of nitrogens with two attached hydrogens (primary N) is 1. The third-order valence-electron chi connectivity index (χ3n) is 4.17. The van der Waals surface area contributed by atoms with Gasteiger partial charge in [-0.05, 0) is 12.1 Å². The Bertz CT molecular complexity index is 1220. The lowest BCUT2D eigenvalue weighted by molar-refractivity contribution is 0.572. The average Bonchev–Trinajstić information content (AvgIpc) is 3.43.